The maximum absolute atomic E-state index is 10.8. The minimum atomic E-state index is -0.431. The molecule has 0 saturated carbocycles. The van der Waals surface area contributed by atoms with Gasteiger partial charge in [-0.15, -0.1) is 0 Å². The third-order valence-corrected chi connectivity index (χ3v) is 2.99. The Kier molecular flexibility index (Phi) is 5.14. The summed E-state index contributed by atoms with van der Waals surface area (Å²) in [6.45, 7) is 3.09. The summed E-state index contributed by atoms with van der Waals surface area (Å²) in [5, 5.41) is 10.8. The summed E-state index contributed by atoms with van der Waals surface area (Å²) in [5.41, 5.74) is 0.821. The first-order valence-electron chi connectivity index (χ1n) is 6.46. The Morgan fingerprint density at radius 3 is 2.60 bits per heavy atom. The monoisotopic (exact) mass is 282 g/mol. The number of likely N-dealkylation sites (N-methyl/N-ethyl adjacent to an activating group) is 1. The van der Waals surface area contributed by atoms with Crippen LogP contribution >= 0.6 is 0 Å². The number of benzene rings is 1. The van der Waals surface area contributed by atoms with Crippen molar-refractivity contribution in [3.63, 3.8) is 0 Å². The molecule has 1 aliphatic heterocycles. The highest BCUT2D eigenvalue weighted by Gasteiger charge is 2.15. The van der Waals surface area contributed by atoms with Gasteiger partial charge >= 0.3 is 0 Å². The molecule has 1 heterocycles. The van der Waals surface area contributed by atoms with Crippen LogP contribution in [0.3, 0.4) is 0 Å². The van der Waals surface area contributed by atoms with Gasteiger partial charge in [-0.3, -0.25) is 10.1 Å². The van der Waals surface area contributed by atoms with E-state index in [4.69, 9.17) is 14.2 Å². The minimum absolute atomic E-state index is 0.0152. The zero-order valence-electron chi connectivity index (χ0n) is 11.4. The predicted molar refractivity (Wildman–Crippen MR) is 73.5 cm³/mol. The van der Waals surface area contributed by atoms with E-state index in [2.05, 4.69) is 0 Å². The molecule has 0 unspecified atom stereocenters. The van der Waals surface area contributed by atoms with Gasteiger partial charge in [-0.1, -0.05) is 0 Å². The molecular formula is C13H18N2O5. The second-order valence-electron chi connectivity index (χ2n) is 4.40. The smallest absolute Gasteiger partial charge is 0.273 e. The number of nitrogens with zero attached hydrogens (tertiary/aromatic N) is 2. The number of non-ortho nitro benzene ring substituents is 1. The summed E-state index contributed by atoms with van der Waals surface area (Å²) in [4.78, 5) is 12.4. The van der Waals surface area contributed by atoms with Crippen molar-refractivity contribution in [3.05, 3.63) is 28.3 Å². The van der Waals surface area contributed by atoms with E-state index in [0.717, 1.165) is 5.69 Å². The Morgan fingerprint density at radius 1 is 1.15 bits per heavy atom. The lowest BCUT2D eigenvalue weighted by molar-refractivity contribution is -0.384. The molecule has 0 fully saturated rings. The lowest BCUT2D eigenvalue weighted by atomic mass is 10.2. The number of anilines is 1. The molecule has 0 radical (unpaired) electrons. The Balaban J connectivity index is 2.22. The Bertz CT molecular complexity index is 466. The Labute approximate surface area is 117 Å². The van der Waals surface area contributed by atoms with Gasteiger partial charge in [0.05, 0.1) is 43.1 Å². The van der Waals surface area contributed by atoms with Crippen LogP contribution in [0.5, 0.6) is 5.75 Å². The molecule has 0 spiro atoms. The molecule has 1 aromatic rings. The molecule has 0 N–H and O–H groups in total. The molecular weight excluding hydrogens is 264 g/mol. The van der Waals surface area contributed by atoms with E-state index >= 15 is 0 Å². The molecule has 0 aliphatic carbocycles. The van der Waals surface area contributed by atoms with Crippen molar-refractivity contribution < 1.29 is 19.1 Å². The van der Waals surface area contributed by atoms with Crippen LogP contribution in [0.4, 0.5) is 11.4 Å². The average Bonchev–Trinajstić information content (AvgIpc) is 2.43. The maximum atomic E-state index is 10.8. The summed E-state index contributed by atoms with van der Waals surface area (Å²) >= 11 is 0. The number of fused-ring (bicyclic) bond motifs is 1. The zero-order valence-corrected chi connectivity index (χ0v) is 11.4. The highest BCUT2D eigenvalue weighted by atomic mass is 16.6. The van der Waals surface area contributed by atoms with Gasteiger partial charge in [0.1, 0.15) is 12.4 Å². The number of ether oxygens (including phenoxy) is 3. The van der Waals surface area contributed by atoms with Crippen molar-refractivity contribution in [1.82, 2.24) is 0 Å². The van der Waals surface area contributed by atoms with E-state index in [1.165, 1.54) is 12.1 Å². The summed E-state index contributed by atoms with van der Waals surface area (Å²) in [7, 11) is 1.90. The lowest BCUT2D eigenvalue weighted by Gasteiger charge is -2.23. The fraction of sp³-hybridized carbons (Fsp3) is 0.538. The molecule has 0 saturated heterocycles. The number of rotatable bonds is 1. The first kappa shape index (κ1) is 14.5. The van der Waals surface area contributed by atoms with Crippen LogP contribution in [0.25, 0.3) is 0 Å². The summed E-state index contributed by atoms with van der Waals surface area (Å²) < 4.78 is 16.4. The molecule has 1 aromatic carbocycles. The molecule has 7 heteroatoms. The van der Waals surface area contributed by atoms with Crippen LogP contribution in [0, 0.1) is 10.1 Å². The van der Waals surface area contributed by atoms with Gasteiger partial charge in [-0.05, 0) is 6.07 Å². The number of nitro groups is 1. The first-order chi connectivity index (χ1) is 9.68. The third-order valence-electron chi connectivity index (χ3n) is 2.99. The van der Waals surface area contributed by atoms with Crippen molar-refractivity contribution in [2.45, 2.75) is 0 Å². The van der Waals surface area contributed by atoms with Gasteiger partial charge in [-0.25, -0.2) is 0 Å². The van der Waals surface area contributed by atoms with Gasteiger partial charge in [0.2, 0.25) is 0 Å². The highest BCUT2D eigenvalue weighted by Crippen LogP contribution is 2.31. The lowest BCUT2D eigenvalue weighted by Crippen LogP contribution is -2.25. The number of hydrogen-bond acceptors (Lipinski definition) is 6. The number of hydrogen-bond donors (Lipinski definition) is 0. The van der Waals surface area contributed by atoms with E-state index < -0.39 is 4.92 Å². The quantitative estimate of drug-likeness (QED) is 0.573. The maximum Gasteiger partial charge on any atom is 0.273 e. The second-order valence-corrected chi connectivity index (χ2v) is 4.40. The van der Waals surface area contributed by atoms with E-state index in [1.807, 2.05) is 11.9 Å². The normalized spacial score (nSPS) is 17.4. The van der Waals surface area contributed by atoms with Crippen LogP contribution in [0.15, 0.2) is 18.2 Å². The van der Waals surface area contributed by atoms with Crippen molar-refractivity contribution in [1.29, 1.82) is 0 Å². The summed E-state index contributed by atoms with van der Waals surface area (Å²) in [6.07, 6.45) is 0. The second kappa shape index (κ2) is 7.06. The van der Waals surface area contributed by atoms with Crippen LogP contribution in [-0.2, 0) is 9.47 Å². The number of nitro benzene ring substituents is 1. The van der Waals surface area contributed by atoms with Crippen LogP contribution in [-0.4, -0.2) is 51.6 Å². The van der Waals surface area contributed by atoms with Crippen molar-refractivity contribution in [3.8, 4) is 5.75 Å². The molecule has 2 rings (SSSR count). The summed E-state index contributed by atoms with van der Waals surface area (Å²) in [6, 6.07) is 4.61. The third kappa shape index (κ3) is 3.82. The largest absolute Gasteiger partial charge is 0.489 e. The van der Waals surface area contributed by atoms with Crippen molar-refractivity contribution >= 4 is 11.4 Å². The molecule has 0 aromatic heterocycles. The van der Waals surface area contributed by atoms with E-state index in [-0.39, 0.29) is 5.69 Å². The topological polar surface area (TPSA) is 74.1 Å². The van der Waals surface area contributed by atoms with Gasteiger partial charge in [0.15, 0.2) is 0 Å². The first-order valence-corrected chi connectivity index (χ1v) is 6.46. The molecule has 0 amide bonds. The Morgan fingerprint density at radius 2 is 1.85 bits per heavy atom. The van der Waals surface area contributed by atoms with Gasteiger partial charge in [0.25, 0.3) is 5.69 Å². The average molecular weight is 282 g/mol. The predicted octanol–water partition coefficient (Wildman–Crippen LogP) is 1.46. The Hall–Kier alpha value is -1.86. The van der Waals surface area contributed by atoms with Crippen LogP contribution in [0.2, 0.25) is 0 Å². The standard InChI is InChI=1S/C13H18N2O5/c1-14-4-5-18-6-7-19-8-9-20-13-10-11(15(16)17)2-3-12(13)14/h2-3,10H,4-9H2,1H3. The molecule has 1 aliphatic rings. The van der Waals surface area contributed by atoms with Gasteiger partial charge in [0, 0.05) is 19.7 Å². The fourth-order valence-electron chi connectivity index (χ4n) is 1.90. The minimum Gasteiger partial charge on any atom is -0.489 e. The van der Waals surface area contributed by atoms with Crippen LogP contribution < -0.4 is 9.64 Å². The summed E-state index contributed by atoms with van der Waals surface area (Å²) in [5.74, 6) is 0.492. The van der Waals surface area contributed by atoms with Gasteiger partial charge in [-0.2, -0.15) is 0 Å². The molecule has 110 valence electrons. The molecule has 7 nitrogen and oxygen atoms in total. The SMILES string of the molecule is CN1CCOCCOCCOc2cc([N+](=O)[O-])ccc21. The molecule has 0 bridgehead atoms. The van der Waals surface area contributed by atoms with E-state index in [1.54, 1.807) is 6.07 Å². The highest BCUT2D eigenvalue weighted by molar-refractivity contribution is 5.62. The fourth-order valence-corrected chi connectivity index (χ4v) is 1.90. The molecule has 20 heavy (non-hydrogen) atoms. The zero-order chi connectivity index (χ0) is 14.4. The van der Waals surface area contributed by atoms with Gasteiger partial charge < -0.3 is 19.1 Å². The van der Waals surface area contributed by atoms with Crippen molar-refractivity contribution in [2.75, 3.05) is 51.5 Å². The van der Waals surface area contributed by atoms with Crippen LogP contribution in [0.1, 0.15) is 0 Å². The van der Waals surface area contributed by atoms with E-state index in [9.17, 15) is 10.1 Å². The van der Waals surface area contributed by atoms with Crippen molar-refractivity contribution in [2.24, 2.45) is 0 Å². The van der Waals surface area contributed by atoms with E-state index in [0.29, 0.717) is 45.3 Å². The molecule has 0 atom stereocenters.